The predicted molar refractivity (Wildman–Crippen MR) is 64.8 cm³/mol. The summed E-state index contributed by atoms with van der Waals surface area (Å²) in [6, 6.07) is 1.97. The zero-order valence-corrected chi connectivity index (χ0v) is 10.5. The molecule has 1 aromatic rings. The van der Waals surface area contributed by atoms with Gasteiger partial charge in [-0.2, -0.15) is 5.10 Å². The zero-order chi connectivity index (χ0) is 12.4. The lowest BCUT2D eigenvalue weighted by Crippen LogP contribution is -2.30. The summed E-state index contributed by atoms with van der Waals surface area (Å²) in [4.78, 5) is 11.3. The highest BCUT2D eigenvalue weighted by atomic mass is 16.4. The van der Waals surface area contributed by atoms with Crippen LogP contribution in [0.15, 0.2) is 12.3 Å². The third-order valence-electron chi connectivity index (χ3n) is 3.86. The van der Waals surface area contributed by atoms with Crippen LogP contribution in [0.25, 0.3) is 0 Å². The summed E-state index contributed by atoms with van der Waals surface area (Å²) in [5, 5.41) is 13.6. The zero-order valence-electron chi connectivity index (χ0n) is 10.5. The molecule has 94 valence electrons. The molecule has 4 heteroatoms. The average Bonchev–Trinajstić information content (AvgIpc) is 2.76. The van der Waals surface area contributed by atoms with Crippen molar-refractivity contribution in [3.63, 3.8) is 0 Å². The summed E-state index contributed by atoms with van der Waals surface area (Å²) in [6.45, 7) is 5.05. The molecule has 1 aromatic heterocycles. The van der Waals surface area contributed by atoms with Crippen LogP contribution >= 0.6 is 0 Å². The average molecular weight is 236 g/mol. The van der Waals surface area contributed by atoms with Crippen LogP contribution in [0.1, 0.15) is 44.7 Å². The van der Waals surface area contributed by atoms with E-state index in [1.165, 1.54) is 0 Å². The molecule has 1 saturated carbocycles. The molecule has 1 N–H and O–H groups in total. The summed E-state index contributed by atoms with van der Waals surface area (Å²) < 4.78 is 1.93. The highest BCUT2D eigenvalue weighted by molar-refractivity contribution is 5.71. The molecule has 3 unspecified atom stereocenters. The molecule has 0 bridgehead atoms. The summed E-state index contributed by atoms with van der Waals surface area (Å²) >= 11 is 0. The van der Waals surface area contributed by atoms with Gasteiger partial charge in [-0.1, -0.05) is 6.92 Å². The molecule has 2 rings (SSSR count). The van der Waals surface area contributed by atoms with E-state index in [9.17, 15) is 9.90 Å². The Morgan fingerprint density at radius 3 is 3.00 bits per heavy atom. The lowest BCUT2D eigenvalue weighted by atomic mass is 9.73. The van der Waals surface area contributed by atoms with Gasteiger partial charge in [0.2, 0.25) is 0 Å². The second kappa shape index (κ2) is 4.90. The van der Waals surface area contributed by atoms with Crippen LogP contribution in [0, 0.1) is 11.8 Å². The van der Waals surface area contributed by atoms with Crippen molar-refractivity contribution in [2.75, 3.05) is 0 Å². The highest BCUT2D eigenvalue weighted by Gasteiger charge is 2.36. The van der Waals surface area contributed by atoms with Crippen LogP contribution in [0.4, 0.5) is 0 Å². The van der Waals surface area contributed by atoms with Crippen LogP contribution < -0.4 is 0 Å². The largest absolute Gasteiger partial charge is 0.481 e. The normalized spacial score (nSPS) is 29.2. The van der Waals surface area contributed by atoms with Gasteiger partial charge in [-0.25, -0.2) is 0 Å². The summed E-state index contributed by atoms with van der Waals surface area (Å²) in [5.74, 6) is -0.173. The molecule has 1 aliphatic carbocycles. The Morgan fingerprint density at radius 2 is 2.35 bits per heavy atom. The van der Waals surface area contributed by atoms with Crippen LogP contribution in [-0.2, 0) is 11.3 Å². The minimum Gasteiger partial charge on any atom is -0.481 e. The molecule has 1 heterocycles. The number of nitrogens with zero attached hydrogens (tertiary/aromatic N) is 2. The van der Waals surface area contributed by atoms with E-state index >= 15 is 0 Å². The molecule has 3 atom stereocenters. The fourth-order valence-corrected chi connectivity index (χ4v) is 2.93. The van der Waals surface area contributed by atoms with Gasteiger partial charge >= 0.3 is 5.97 Å². The van der Waals surface area contributed by atoms with E-state index in [2.05, 4.69) is 12.0 Å². The van der Waals surface area contributed by atoms with E-state index in [4.69, 9.17) is 0 Å². The van der Waals surface area contributed by atoms with E-state index in [0.29, 0.717) is 5.92 Å². The maximum absolute atomic E-state index is 11.3. The Morgan fingerprint density at radius 1 is 1.59 bits per heavy atom. The number of aromatic nitrogens is 2. The second-order valence-corrected chi connectivity index (χ2v) is 5.04. The van der Waals surface area contributed by atoms with Gasteiger partial charge in [0.05, 0.1) is 5.92 Å². The fourth-order valence-electron chi connectivity index (χ4n) is 2.93. The maximum Gasteiger partial charge on any atom is 0.307 e. The Bertz CT molecular complexity index is 400. The van der Waals surface area contributed by atoms with Crippen LogP contribution in [0.3, 0.4) is 0 Å². The molecule has 0 aromatic carbocycles. The van der Waals surface area contributed by atoms with Crippen LogP contribution in [-0.4, -0.2) is 20.9 Å². The molecule has 0 amide bonds. The number of carboxylic acids is 1. The summed E-state index contributed by atoms with van der Waals surface area (Å²) in [5.41, 5.74) is 1.09. The Balaban J connectivity index is 2.28. The first-order valence-corrected chi connectivity index (χ1v) is 6.38. The molecule has 1 fully saturated rings. The first-order valence-electron chi connectivity index (χ1n) is 6.38. The number of carbonyl (C=O) groups is 1. The SMILES string of the molecule is CCn1nccc1C1CC(C)CCC1C(=O)O. The third kappa shape index (κ3) is 2.35. The number of hydrogen-bond donors (Lipinski definition) is 1. The number of hydrogen-bond acceptors (Lipinski definition) is 2. The number of aryl methyl sites for hydroxylation is 1. The molecular weight excluding hydrogens is 216 g/mol. The summed E-state index contributed by atoms with van der Waals surface area (Å²) in [6.07, 6.45) is 4.55. The Kier molecular flexibility index (Phi) is 3.50. The Labute approximate surface area is 102 Å². The molecule has 0 saturated heterocycles. The first-order chi connectivity index (χ1) is 8.13. The molecule has 17 heavy (non-hydrogen) atoms. The van der Waals surface area contributed by atoms with Crippen molar-refractivity contribution in [3.05, 3.63) is 18.0 Å². The van der Waals surface area contributed by atoms with Gasteiger partial charge in [-0.15, -0.1) is 0 Å². The van der Waals surface area contributed by atoms with Gasteiger partial charge < -0.3 is 5.11 Å². The molecular formula is C13H20N2O2. The van der Waals surface area contributed by atoms with Gasteiger partial charge in [-0.3, -0.25) is 9.48 Å². The van der Waals surface area contributed by atoms with Crippen LogP contribution in [0.5, 0.6) is 0 Å². The van der Waals surface area contributed by atoms with Crippen molar-refractivity contribution in [1.82, 2.24) is 9.78 Å². The second-order valence-electron chi connectivity index (χ2n) is 5.04. The van der Waals surface area contributed by atoms with Crippen LogP contribution in [0.2, 0.25) is 0 Å². The van der Waals surface area contributed by atoms with Crippen molar-refractivity contribution >= 4 is 5.97 Å². The van der Waals surface area contributed by atoms with Crippen molar-refractivity contribution in [1.29, 1.82) is 0 Å². The van der Waals surface area contributed by atoms with E-state index in [1.807, 2.05) is 17.7 Å². The molecule has 1 aliphatic rings. The lowest BCUT2D eigenvalue weighted by Gasteiger charge is -2.32. The maximum atomic E-state index is 11.3. The van der Waals surface area contributed by atoms with E-state index in [0.717, 1.165) is 31.5 Å². The number of aliphatic carboxylic acids is 1. The van der Waals surface area contributed by atoms with E-state index < -0.39 is 5.97 Å². The molecule has 0 radical (unpaired) electrons. The lowest BCUT2D eigenvalue weighted by molar-refractivity contribution is -0.143. The molecule has 0 spiro atoms. The third-order valence-corrected chi connectivity index (χ3v) is 3.86. The first kappa shape index (κ1) is 12.1. The quantitative estimate of drug-likeness (QED) is 0.877. The summed E-state index contributed by atoms with van der Waals surface area (Å²) in [7, 11) is 0. The van der Waals surface area contributed by atoms with Crippen molar-refractivity contribution in [2.45, 2.75) is 45.6 Å². The van der Waals surface area contributed by atoms with E-state index in [-0.39, 0.29) is 11.8 Å². The van der Waals surface area contributed by atoms with Gasteiger partial charge in [0.15, 0.2) is 0 Å². The molecule has 4 nitrogen and oxygen atoms in total. The Hall–Kier alpha value is -1.32. The monoisotopic (exact) mass is 236 g/mol. The van der Waals surface area contributed by atoms with Gasteiger partial charge in [0.25, 0.3) is 0 Å². The minimum atomic E-state index is -0.661. The fraction of sp³-hybridized carbons (Fsp3) is 0.692. The van der Waals surface area contributed by atoms with Gasteiger partial charge in [0.1, 0.15) is 0 Å². The number of rotatable bonds is 3. The predicted octanol–water partition coefficient (Wildman–Crippen LogP) is 2.51. The van der Waals surface area contributed by atoms with Crippen molar-refractivity contribution < 1.29 is 9.90 Å². The highest BCUT2D eigenvalue weighted by Crippen LogP contribution is 2.40. The van der Waals surface area contributed by atoms with Gasteiger partial charge in [-0.05, 0) is 38.2 Å². The smallest absolute Gasteiger partial charge is 0.307 e. The van der Waals surface area contributed by atoms with Crippen molar-refractivity contribution in [3.8, 4) is 0 Å². The van der Waals surface area contributed by atoms with E-state index in [1.54, 1.807) is 6.20 Å². The topological polar surface area (TPSA) is 55.1 Å². The van der Waals surface area contributed by atoms with Crippen molar-refractivity contribution in [2.24, 2.45) is 11.8 Å². The van der Waals surface area contributed by atoms with Gasteiger partial charge in [0, 0.05) is 24.4 Å². The number of carboxylic acid groups (broad SMARTS) is 1. The minimum absolute atomic E-state index is 0.124. The molecule has 0 aliphatic heterocycles. The standard InChI is InChI=1S/C13H20N2O2/c1-3-15-12(6-7-14-15)11-8-9(2)4-5-10(11)13(16)17/h6-7,9-11H,3-5,8H2,1-2H3,(H,16,17).